The molecule has 0 aromatic carbocycles. The number of carbonyl (C=O) groups is 2. The van der Waals surface area contributed by atoms with Crippen molar-refractivity contribution >= 4 is 23.3 Å². The minimum atomic E-state index is -0.302. The van der Waals surface area contributed by atoms with Gasteiger partial charge in [-0.1, -0.05) is 0 Å². The first-order valence-corrected chi connectivity index (χ1v) is 9.78. The lowest BCUT2D eigenvalue weighted by Crippen LogP contribution is -2.49. The van der Waals surface area contributed by atoms with Crippen LogP contribution < -0.4 is 10.2 Å². The largest absolute Gasteiger partial charge is 0.355 e. The molecule has 0 bridgehead atoms. The average molecular weight is 387 g/mol. The molecule has 28 heavy (non-hydrogen) atoms. The number of hydrogen-bond acceptors (Lipinski definition) is 6. The predicted octanol–water partition coefficient (Wildman–Crippen LogP) is 1.10. The minimum Gasteiger partial charge on any atom is -0.355 e. The maximum absolute atomic E-state index is 12.9. The summed E-state index contributed by atoms with van der Waals surface area (Å²) in [6, 6.07) is 3.82. The van der Waals surface area contributed by atoms with Gasteiger partial charge in [-0.05, 0) is 52.7 Å². The highest BCUT2D eigenvalue weighted by molar-refractivity contribution is 5.86. The Kier molecular flexibility index (Phi) is 5.81. The molecule has 2 aromatic rings. The Morgan fingerprint density at radius 3 is 2.61 bits per heavy atom. The summed E-state index contributed by atoms with van der Waals surface area (Å²) in [6.07, 6.45) is 3.08. The second kappa shape index (κ2) is 8.12. The number of fused-ring (bicyclic) bond motifs is 1. The van der Waals surface area contributed by atoms with Crippen LogP contribution in [0.25, 0.3) is 5.65 Å². The summed E-state index contributed by atoms with van der Waals surface area (Å²) in [4.78, 5) is 28.9. The van der Waals surface area contributed by atoms with Crippen molar-refractivity contribution in [2.24, 2.45) is 5.92 Å². The number of piperidine rings is 1. The monoisotopic (exact) mass is 387 g/mol. The number of anilines is 1. The fourth-order valence-corrected chi connectivity index (χ4v) is 3.48. The molecule has 0 radical (unpaired) electrons. The van der Waals surface area contributed by atoms with Gasteiger partial charge in [-0.25, -0.2) is 0 Å². The van der Waals surface area contributed by atoms with Gasteiger partial charge in [-0.15, -0.1) is 15.3 Å². The predicted molar refractivity (Wildman–Crippen MR) is 106 cm³/mol. The number of likely N-dealkylation sites (N-methyl/N-ethyl adjacent to an activating group) is 1. The van der Waals surface area contributed by atoms with Crippen molar-refractivity contribution in [2.45, 2.75) is 46.1 Å². The van der Waals surface area contributed by atoms with Crippen LogP contribution in [0.4, 0.5) is 5.82 Å². The van der Waals surface area contributed by atoms with Crippen LogP contribution in [0.5, 0.6) is 0 Å². The molecule has 1 aliphatic heterocycles. The molecule has 2 amide bonds. The Bertz CT molecular complexity index is 834. The van der Waals surface area contributed by atoms with Crippen LogP contribution in [-0.2, 0) is 9.59 Å². The van der Waals surface area contributed by atoms with Crippen LogP contribution in [-0.4, -0.2) is 68.2 Å². The quantitative estimate of drug-likeness (QED) is 0.826. The van der Waals surface area contributed by atoms with Crippen molar-refractivity contribution in [3.05, 3.63) is 18.5 Å². The summed E-state index contributed by atoms with van der Waals surface area (Å²) >= 11 is 0. The fourth-order valence-electron chi connectivity index (χ4n) is 3.48. The van der Waals surface area contributed by atoms with E-state index < -0.39 is 0 Å². The van der Waals surface area contributed by atoms with E-state index in [9.17, 15) is 9.59 Å². The van der Waals surface area contributed by atoms with Gasteiger partial charge >= 0.3 is 0 Å². The van der Waals surface area contributed by atoms with E-state index in [-0.39, 0.29) is 29.8 Å². The average Bonchev–Trinajstić information content (AvgIpc) is 3.12. The molecular formula is C19H29N7O2. The van der Waals surface area contributed by atoms with Crippen molar-refractivity contribution in [3.63, 3.8) is 0 Å². The maximum Gasteiger partial charge on any atom is 0.240 e. The van der Waals surface area contributed by atoms with Gasteiger partial charge in [0.05, 0.1) is 6.54 Å². The molecule has 0 unspecified atom stereocenters. The standard InChI is InChI=1S/C19H29N7O2/c1-5-24(12-17(27)21-19(2,3)4)18(28)14-8-10-25(11-9-14)16-7-6-15-22-20-13-26(15)23-16/h6-7,13-14H,5,8-12H2,1-4H3,(H,21,27). The number of nitrogens with one attached hydrogen (secondary N) is 1. The molecule has 3 rings (SSSR count). The minimum absolute atomic E-state index is 0.0581. The van der Waals surface area contributed by atoms with Gasteiger partial charge in [0.2, 0.25) is 11.8 Å². The van der Waals surface area contributed by atoms with E-state index >= 15 is 0 Å². The highest BCUT2D eigenvalue weighted by Gasteiger charge is 2.30. The summed E-state index contributed by atoms with van der Waals surface area (Å²) in [6.45, 7) is 9.86. The molecule has 1 fully saturated rings. The van der Waals surface area contributed by atoms with Crippen molar-refractivity contribution in [2.75, 3.05) is 31.1 Å². The number of aromatic nitrogens is 4. The van der Waals surface area contributed by atoms with Gasteiger partial charge in [0.1, 0.15) is 12.1 Å². The molecule has 3 heterocycles. The highest BCUT2D eigenvalue weighted by atomic mass is 16.2. The molecular weight excluding hydrogens is 358 g/mol. The smallest absolute Gasteiger partial charge is 0.240 e. The van der Waals surface area contributed by atoms with E-state index in [1.165, 1.54) is 0 Å². The highest BCUT2D eigenvalue weighted by Crippen LogP contribution is 2.23. The molecule has 0 saturated carbocycles. The van der Waals surface area contributed by atoms with Gasteiger partial charge in [0.25, 0.3) is 0 Å². The normalized spacial score (nSPS) is 15.6. The number of hydrogen-bond donors (Lipinski definition) is 1. The Morgan fingerprint density at radius 2 is 1.96 bits per heavy atom. The van der Waals surface area contributed by atoms with Crippen molar-refractivity contribution in [1.82, 2.24) is 30.0 Å². The lowest BCUT2D eigenvalue weighted by Gasteiger charge is -2.34. The summed E-state index contributed by atoms with van der Waals surface area (Å²) < 4.78 is 1.65. The Morgan fingerprint density at radius 1 is 1.25 bits per heavy atom. The SMILES string of the molecule is CCN(CC(=O)NC(C)(C)C)C(=O)C1CCN(c2ccc3nncn3n2)CC1. The molecule has 2 aromatic heterocycles. The van der Waals surface area contributed by atoms with Crippen LogP contribution in [0.1, 0.15) is 40.5 Å². The topological polar surface area (TPSA) is 95.7 Å². The maximum atomic E-state index is 12.9. The molecule has 9 nitrogen and oxygen atoms in total. The zero-order valence-electron chi connectivity index (χ0n) is 17.1. The molecule has 0 atom stereocenters. The first-order chi connectivity index (χ1) is 13.3. The zero-order valence-corrected chi connectivity index (χ0v) is 17.1. The third kappa shape index (κ3) is 4.76. The Balaban J connectivity index is 1.56. The second-order valence-electron chi connectivity index (χ2n) is 8.24. The lowest BCUT2D eigenvalue weighted by atomic mass is 9.95. The summed E-state index contributed by atoms with van der Waals surface area (Å²) in [7, 11) is 0. The van der Waals surface area contributed by atoms with Crippen LogP contribution in [0.2, 0.25) is 0 Å². The van der Waals surface area contributed by atoms with Crippen LogP contribution in [0.3, 0.4) is 0 Å². The number of nitrogens with zero attached hydrogens (tertiary/aromatic N) is 6. The van der Waals surface area contributed by atoms with Crippen molar-refractivity contribution in [3.8, 4) is 0 Å². The van der Waals surface area contributed by atoms with Gasteiger partial charge in [0.15, 0.2) is 5.65 Å². The molecule has 152 valence electrons. The summed E-state index contributed by atoms with van der Waals surface area (Å²) in [5, 5.41) is 15.3. The lowest BCUT2D eigenvalue weighted by molar-refractivity contribution is -0.140. The Labute approximate surface area is 165 Å². The molecule has 1 N–H and O–H groups in total. The van der Waals surface area contributed by atoms with Crippen molar-refractivity contribution in [1.29, 1.82) is 0 Å². The third-order valence-corrected chi connectivity index (χ3v) is 4.86. The molecule has 0 spiro atoms. The van der Waals surface area contributed by atoms with E-state index in [0.29, 0.717) is 12.2 Å². The van der Waals surface area contributed by atoms with Gasteiger partial charge in [0, 0.05) is 31.1 Å². The van der Waals surface area contributed by atoms with E-state index in [1.54, 1.807) is 15.7 Å². The number of carbonyl (C=O) groups excluding carboxylic acids is 2. The summed E-state index contributed by atoms with van der Waals surface area (Å²) in [5.74, 6) is 0.743. The van der Waals surface area contributed by atoms with Gasteiger partial charge < -0.3 is 15.1 Å². The summed E-state index contributed by atoms with van der Waals surface area (Å²) in [5.41, 5.74) is 0.407. The van der Waals surface area contributed by atoms with Gasteiger partial charge in [-0.2, -0.15) is 4.52 Å². The van der Waals surface area contributed by atoms with Crippen LogP contribution in [0, 0.1) is 5.92 Å². The first kappa shape index (κ1) is 20.0. The third-order valence-electron chi connectivity index (χ3n) is 4.86. The second-order valence-corrected chi connectivity index (χ2v) is 8.24. The fraction of sp³-hybridized carbons (Fsp3) is 0.632. The molecule has 0 aliphatic carbocycles. The van der Waals surface area contributed by atoms with E-state index in [1.807, 2.05) is 39.8 Å². The number of rotatable bonds is 5. The van der Waals surface area contributed by atoms with Crippen LogP contribution in [0.15, 0.2) is 18.5 Å². The Hall–Kier alpha value is -2.71. The molecule has 9 heteroatoms. The van der Waals surface area contributed by atoms with Crippen LogP contribution >= 0.6 is 0 Å². The van der Waals surface area contributed by atoms with E-state index in [2.05, 4.69) is 25.5 Å². The first-order valence-electron chi connectivity index (χ1n) is 9.78. The van der Waals surface area contributed by atoms with E-state index in [0.717, 1.165) is 31.7 Å². The molecule has 1 aliphatic rings. The van der Waals surface area contributed by atoms with E-state index in [4.69, 9.17) is 0 Å². The zero-order chi connectivity index (χ0) is 20.3. The molecule has 1 saturated heterocycles. The van der Waals surface area contributed by atoms with Gasteiger partial charge in [-0.3, -0.25) is 9.59 Å². The van der Waals surface area contributed by atoms with Crippen molar-refractivity contribution < 1.29 is 9.59 Å². The number of amides is 2.